The predicted molar refractivity (Wildman–Crippen MR) is 77.4 cm³/mol. The number of benzene rings is 1. The van der Waals surface area contributed by atoms with Crippen LogP contribution < -0.4 is 10.2 Å². The summed E-state index contributed by atoms with van der Waals surface area (Å²) in [6.45, 7) is 11.4. The molecule has 1 saturated heterocycles. The van der Waals surface area contributed by atoms with Crippen LogP contribution in [-0.2, 0) is 4.74 Å². The van der Waals surface area contributed by atoms with Gasteiger partial charge in [-0.1, -0.05) is 26.8 Å². The molecule has 1 aromatic carbocycles. The molecule has 0 saturated carbocycles. The SMILES string of the molecule is CC(C)(C)CNc1cccc(N2CCOCC2)c1. The number of nitrogens with zero attached hydrogens (tertiary/aromatic N) is 1. The van der Waals surface area contributed by atoms with Crippen LogP contribution in [0.2, 0.25) is 0 Å². The Labute approximate surface area is 110 Å². The van der Waals surface area contributed by atoms with Crippen molar-refractivity contribution in [1.82, 2.24) is 0 Å². The quantitative estimate of drug-likeness (QED) is 0.890. The Morgan fingerprint density at radius 3 is 2.61 bits per heavy atom. The van der Waals surface area contributed by atoms with Crippen molar-refractivity contribution < 1.29 is 4.74 Å². The Morgan fingerprint density at radius 1 is 1.22 bits per heavy atom. The third-order valence-corrected chi connectivity index (χ3v) is 3.05. The van der Waals surface area contributed by atoms with Gasteiger partial charge in [-0.05, 0) is 23.6 Å². The van der Waals surface area contributed by atoms with Crippen molar-refractivity contribution in [1.29, 1.82) is 0 Å². The highest BCUT2D eigenvalue weighted by atomic mass is 16.5. The van der Waals surface area contributed by atoms with Crippen LogP contribution in [0.3, 0.4) is 0 Å². The van der Waals surface area contributed by atoms with E-state index in [-0.39, 0.29) is 0 Å². The molecule has 0 spiro atoms. The van der Waals surface area contributed by atoms with Gasteiger partial charge in [-0.2, -0.15) is 0 Å². The molecule has 2 rings (SSSR count). The van der Waals surface area contributed by atoms with Crippen molar-refractivity contribution in [2.24, 2.45) is 5.41 Å². The third kappa shape index (κ3) is 3.91. The summed E-state index contributed by atoms with van der Waals surface area (Å²) in [5, 5.41) is 3.51. The molecule has 1 fully saturated rings. The molecule has 0 radical (unpaired) electrons. The zero-order valence-electron chi connectivity index (χ0n) is 11.7. The molecule has 18 heavy (non-hydrogen) atoms. The average molecular weight is 248 g/mol. The van der Waals surface area contributed by atoms with Gasteiger partial charge in [-0.15, -0.1) is 0 Å². The van der Waals surface area contributed by atoms with Gasteiger partial charge in [0.25, 0.3) is 0 Å². The van der Waals surface area contributed by atoms with Crippen LogP contribution in [0.1, 0.15) is 20.8 Å². The van der Waals surface area contributed by atoms with Crippen LogP contribution >= 0.6 is 0 Å². The Kier molecular flexibility index (Phi) is 4.12. The lowest BCUT2D eigenvalue weighted by molar-refractivity contribution is 0.122. The van der Waals surface area contributed by atoms with Crippen molar-refractivity contribution in [2.45, 2.75) is 20.8 Å². The first kappa shape index (κ1) is 13.2. The molecule has 0 atom stereocenters. The summed E-state index contributed by atoms with van der Waals surface area (Å²) in [5.74, 6) is 0. The fraction of sp³-hybridized carbons (Fsp3) is 0.600. The van der Waals surface area contributed by atoms with Crippen LogP contribution in [0.5, 0.6) is 0 Å². The number of rotatable bonds is 3. The maximum absolute atomic E-state index is 5.39. The molecular formula is C15H24N2O. The highest BCUT2D eigenvalue weighted by molar-refractivity contribution is 5.58. The van der Waals surface area contributed by atoms with Crippen molar-refractivity contribution in [3.8, 4) is 0 Å². The van der Waals surface area contributed by atoms with Crippen molar-refractivity contribution >= 4 is 11.4 Å². The minimum Gasteiger partial charge on any atom is -0.384 e. The van der Waals surface area contributed by atoms with Gasteiger partial charge >= 0.3 is 0 Å². The molecule has 0 aliphatic carbocycles. The van der Waals surface area contributed by atoms with E-state index >= 15 is 0 Å². The number of nitrogens with one attached hydrogen (secondary N) is 1. The van der Waals surface area contributed by atoms with E-state index in [0.717, 1.165) is 32.8 Å². The zero-order valence-corrected chi connectivity index (χ0v) is 11.7. The standard InChI is InChI=1S/C15H24N2O/c1-15(2,3)12-16-13-5-4-6-14(11-13)17-7-9-18-10-8-17/h4-6,11,16H,7-10,12H2,1-3H3. The maximum atomic E-state index is 5.39. The first-order chi connectivity index (χ1) is 8.54. The van der Waals surface area contributed by atoms with Gasteiger partial charge in [0, 0.05) is 31.0 Å². The molecule has 0 unspecified atom stereocenters. The highest BCUT2D eigenvalue weighted by Gasteiger charge is 2.12. The summed E-state index contributed by atoms with van der Waals surface area (Å²) >= 11 is 0. The maximum Gasteiger partial charge on any atom is 0.0642 e. The lowest BCUT2D eigenvalue weighted by Crippen LogP contribution is -2.36. The van der Waals surface area contributed by atoms with E-state index in [1.54, 1.807) is 0 Å². The zero-order chi connectivity index (χ0) is 13.0. The van der Waals surface area contributed by atoms with Gasteiger partial charge < -0.3 is 15.0 Å². The van der Waals surface area contributed by atoms with E-state index in [9.17, 15) is 0 Å². The highest BCUT2D eigenvalue weighted by Crippen LogP contribution is 2.22. The first-order valence-corrected chi connectivity index (χ1v) is 6.71. The summed E-state index contributed by atoms with van der Waals surface area (Å²) in [4.78, 5) is 2.38. The van der Waals surface area contributed by atoms with E-state index in [0.29, 0.717) is 5.41 Å². The number of ether oxygens (including phenoxy) is 1. The predicted octanol–water partition coefficient (Wildman–Crippen LogP) is 2.98. The molecule has 0 bridgehead atoms. The van der Waals surface area contributed by atoms with Crippen LogP contribution in [0.25, 0.3) is 0 Å². The average Bonchev–Trinajstić information content (AvgIpc) is 2.37. The molecule has 3 nitrogen and oxygen atoms in total. The van der Waals surface area contributed by atoms with Crippen LogP contribution in [0, 0.1) is 5.41 Å². The molecule has 1 aliphatic heterocycles. The van der Waals surface area contributed by atoms with Gasteiger partial charge in [-0.25, -0.2) is 0 Å². The molecule has 1 N–H and O–H groups in total. The number of anilines is 2. The van der Waals surface area contributed by atoms with Gasteiger partial charge in [-0.3, -0.25) is 0 Å². The molecule has 0 aromatic heterocycles. The van der Waals surface area contributed by atoms with Gasteiger partial charge in [0.15, 0.2) is 0 Å². The molecule has 0 amide bonds. The fourth-order valence-electron chi connectivity index (χ4n) is 2.00. The van der Waals surface area contributed by atoms with Gasteiger partial charge in [0.1, 0.15) is 0 Å². The summed E-state index contributed by atoms with van der Waals surface area (Å²) < 4.78 is 5.39. The Balaban J connectivity index is 2.00. The Morgan fingerprint density at radius 2 is 1.94 bits per heavy atom. The number of hydrogen-bond donors (Lipinski definition) is 1. The normalized spacial score (nSPS) is 16.7. The minimum atomic E-state index is 0.301. The Bertz CT molecular complexity index is 378. The Hall–Kier alpha value is -1.22. The summed E-state index contributed by atoms with van der Waals surface area (Å²) in [5.41, 5.74) is 2.79. The van der Waals surface area contributed by atoms with Crippen molar-refractivity contribution in [3.63, 3.8) is 0 Å². The van der Waals surface area contributed by atoms with E-state index in [1.807, 2.05) is 0 Å². The topological polar surface area (TPSA) is 24.5 Å². The van der Waals surface area contributed by atoms with Crippen LogP contribution in [0.15, 0.2) is 24.3 Å². The minimum absolute atomic E-state index is 0.301. The lowest BCUT2D eigenvalue weighted by Gasteiger charge is -2.29. The first-order valence-electron chi connectivity index (χ1n) is 6.71. The molecule has 3 heteroatoms. The summed E-state index contributed by atoms with van der Waals surface area (Å²) in [6.07, 6.45) is 0. The second-order valence-electron chi connectivity index (χ2n) is 6.06. The molecule has 100 valence electrons. The fourth-order valence-corrected chi connectivity index (χ4v) is 2.00. The van der Waals surface area contributed by atoms with E-state index in [2.05, 4.69) is 55.3 Å². The molecule has 1 aliphatic rings. The van der Waals surface area contributed by atoms with Gasteiger partial charge in [0.2, 0.25) is 0 Å². The number of morpholine rings is 1. The molecule has 1 aromatic rings. The molecule has 1 heterocycles. The third-order valence-electron chi connectivity index (χ3n) is 3.05. The van der Waals surface area contributed by atoms with Crippen molar-refractivity contribution in [2.75, 3.05) is 43.1 Å². The number of hydrogen-bond acceptors (Lipinski definition) is 3. The van der Waals surface area contributed by atoms with Crippen LogP contribution in [0.4, 0.5) is 11.4 Å². The second-order valence-corrected chi connectivity index (χ2v) is 6.06. The van der Waals surface area contributed by atoms with E-state index < -0.39 is 0 Å². The van der Waals surface area contributed by atoms with E-state index in [1.165, 1.54) is 11.4 Å². The van der Waals surface area contributed by atoms with E-state index in [4.69, 9.17) is 4.74 Å². The van der Waals surface area contributed by atoms with Gasteiger partial charge in [0.05, 0.1) is 13.2 Å². The second kappa shape index (κ2) is 5.61. The summed E-state index contributed by atoms with van der Waals surface area (Å²) in [7, 11) is 0. The smallest absolute Gasteiger partial charge is 0.0642 e. The molecular weight excluding hydrogens is 224 g/mol. The van der Waals surface area contributed by atoms with Crippen LogP contribution in [-0.4, -0.2) is 32.8 Å². The lowest BCUT2D eigenvalue weighted by atomic mass is 9.97. The van der Waals surface area contributed by atoms with Crippen molar-refractivity contribution in [3.05, 3.63) is 24.3 Å². The monoisotopic (exact) mass is 248 g/mol. The largest absolute Gasteiger partial charge is 0.384 e. The summed E-state index contributed by atoms with van der Waals surface area (Å²) in [6, 6.07) is 8.66.